The Hall–Kier alpha value is -7.70. The van der Waals surface area contributed by atoms with Crippen LogP contribution in [0.2, 0.25) is 0 Å². The summed E-state index contributed by atoms with van der Waals surface area (Å²) in [4.78, 5) is 14.0. The Morgan fingerprint density at radius 3 is 1.13 bits per heavy atom. The van der Waals surface area contributed by atoms with Gasteiger partial charge in [-0.05, 0) is 174 Å². The van der Waals surface area contributed by atoms with Gasteiger partial charge in [0.15, 0.2) is 7.28 Å². The molecule has 10 heteroatoms. The zero-order valence-electron chi connectivity index (χ0n) is 57.9. The quantitative estimate of drug-likeness (QED) is 0.111. The van der Waals surface area contributed by atoms with Crippen molar-refractivity contribution >= 4 is 189 Å². The molecular formula is C82H84B5N5. The molecule has 0 aliphatic carbocycles. The highest BCUT2D eigenvalue weighted by molar-refractivity contribution is 7.02. The van der Waals surface area contributed by atoms with Crippen LogP contribution >= 0.6 is 0 Å². The molecular weight excluding hydrogens is 1110 g/mol. The van der Waals surface area contributed by atoms with Crippen LogP contribution in [-0.4, -0.2) is 60.5 Å². The molecule has 0 bridgehead atoms. The summed E-state index contributed by atoms with van der Waals surface area (Å²) in [5.74, 6) is 0. The average molecular weight is 1190 g/mol. The number of nitrogens with zero attached hydrogens (tertiary/aromatic N) is 5. The van der Waals surface area contributed by atoms with Gasteiger partial charge in [0.05, 0.1) is 0 Å². The molecule has 0 atom stereocenters. The summed E-state index contributed by atoms with van der Waals surface area (Å²) in [5.41, 5.74) is 39.9. The molecule has 19 rings (SSSR count). The molecule has 0 amide bonds. The van der Waals surface area contributed by atoms with Crippen LogP contribution in [0.1, 0.15) is 158 Å². The molecule has 0 N–H and O–H groups in total. The van der Waals surface area contributed by atoms with Crippen LogP contribution in [0, 0.1) is 0 Å². The third kappa shape index (κ3) is 7.02. The van der Waals surface area contributed by atoms with Crippen LogP contribution in [-0.2, 0) is 32.5 Å². The normalized spacial score (nSPS) is 16.6. The number of benzene rings is 10. The Morgan fingerprint density at radius 2 is 0.652 bits per heavy atom. The molecule has 0 unspecified atom stereocenters. The van der Waals surface area contributed by atoms with E-state index in [2.05, 4.69) is 278 Å². The van der Waals surface area contributed by atoms with Gasteiger partial charge in [-0.1, -0.05) is 214 Å². The lowest BCUT2D eigenvalue weighted by atomic mass is 9.29. The zero-order valence-corrected chi connectivity index (χ0v) is 57.9. The molecule has 9 aliphatic heterocycles. The molecule has 0 fully saturated rings. The second kappa shape index (κ2) is 17.2. The van der Waals surface area contributed by atoms with Crippen molar-refractivity contribution < 1.29 is 0 Å². The van der Waals surface area contributed by atoms with Crippen molar-refractivity contribution in [3.63, 3.8) is 0 Å². The Morgan fingerprint density at radius 1 is 0.304 bits per heavy atom. The maximum atomic E-state index is 2.90. The van der Waals surface area contributed by atoms with Gasteiger partial charge in [-0.15, -0.1) is 0 Å². The highest BCUT2D eigenvalue weighted by Crippen LogP contribution is 2.55. The van der Waals surface area contributed by atoms with Gasteiger partial charge in [-0.3, -0.25) is 0 Å². The predicted octanol–water partition coefficient (Wildman–Crippen LogP) is 11.9. The van der Waals surface area contributed by atoms with Gasteiger partial charge in [-0.2, -0.15) is 0 Å². The number of hydrogen-bond donors (Lipinski definition) is 0. The minimum Gasteiger partial charge on any atom is -0.349 e. The molecule has 0 saturated carbocycles. The molecule has 452 valence electrons. The van der Waals surface area contributed by atoms with Crippen molar-refractivity contribution in [3.8, 4) is 0 Å². The van der Waals surface area contributed by atoms with Crippen molar-refractivity contribution in [1.29, 1.82) is 0 Å². The zero-order chi connectivity index (χ0) is 63.8. The van der Waals surface area contributed by atoms with Gasteiger partial charge in [0.1, 0.15) is 0 Å². The van der Waals surface area contributed by atoms with E-state index >= 15 is 0 Å². The molecule has 0 spiro atoms. The van der Waals surface area contributed by atoms with Crippen LogP contribution in [0.25, 0.3) is 32.3 Å². The third-order valence-corrected chi connectivity index (χ3v) is 24.1. The highest BCUT2D eigenvalue weighted by Gasteiger charge is 2.55. The fourth-order valence-corrected chi connectivity index (χ4v) is 19.2. The molecule has 92 heavy (non-hydrogen) atoms. The van der Waals surface area contributed by atoms with Gasteiger partial charge >= 0.3 is 0 Å². The first-order valence-electron chi connectivity index (χ1n) is 34.7. The van der Waals surface area contributed by atoms with Gasteiger partial charge in [0.2, 0.25) is 20.1 Å². The lowest BCUT2D eigenvalue weighted by Crippen LogP contribution is -2.69. The standard InChI is InChI=1S/C82H84B5N5/c1-77(2,3)43-20-26-58-51(32-43)83-52-38-49-65-50-39-64-69-74-67(50)71-76-68(65)72-75-66(49)70-73(52)92(58)63-31-25-46(80(10,11)12)35-55(63)86(70)42-89(75)60-28-22-45(79(7,8)9)34-54(60)85(72)41-90(76)61-29-23-44(78(4,5)6)33-53(61)84(71)40-91(74)62-30-24-48(82(16,17)18)37-57(62)87(69)56-36-47(81(13,14)15)21-27-59(56)88(64)19/h20-39,83H,40-42H2,1-19H3. The molecule has 0 saturated heterocycles. The van der Waals surface area contributed by atoms with Gasteiger partial charge in [-0.25, -0.2) is 0 Å². The number of fused-ring (bicyclic) bond motifs is 18. The minimum atomic E-state index is -0.0292. The van der Waals surface area contributed by atoms with Crippen molar-refractivity contribution in [3.05, 3.63) is 155 Å². The molecule has 9 heterocycles. The van der Waals surface area contributed by atoms with E-state index in [-0.39, 0.29) is 59.3 Å². The summed E-state index contributed by atoms with van der Waals surface area (Å²) in [7, 11) is 3.28. The van der Waals surface area contributed by atoms with E-state index in [1.807, 2.05) is 0 Å². The Labute approximate surface area is 548 Å². The molecule has 9 aliphatic rings. The molecule has 5 nitrogen and oxygen atoms in total. The average Bonchev–Trinajstić information content (AvgIpc) is 0.649. The van der Waals surface area contributed by atoms with E-state index < -0.39 is 0 Å². The maximum absolute atomic E-state index is 2.90. The lowest BCUT2D eigenvalue weighted by Gasteiger charge is -2.53. The predicted molar refractivity (Wildman–Crippen MR) is 407 cm³/mol. The number of rotatable bonds is 0. The molecule has 0 radical (unpaired) electrons. The van der Waals surface area contributed by atoms with Crippen LogP contribution < -0.4 is 84.6 Å². The van der Waals surface area contributed by atoms with Crippen LogP contribution in [0.4, 0.5) is 62.6 Å². The molecule has 10 aromatic rings. The molecule has 0 aromatic heterocycles. The SMILES string of the molecule is CN1c2ccc(C(C)(C)C)cc2B2c3cc(C(C)(C)C)ccc3N3CB4c5cc(C(C)(C)C)ccc5N5CB6c7cc(C(C)(C)C)ccc7N7CB8c9cc(C(C)(C)C)ccc9N9c%10ccc(C(C)(C)C)cc%10Bc%10cc%11c(c8c%109)c7c6c6c5c4c4c3c2c1cc4c6%11. The van der Waals surface area contributed by atoms with Gasteiger partial charge < -0.3 is 24.5 Å². The van der Waals surface area contributed by atoms with Crippen molar-refractivity contribution in [2.45, 2.75) is 157 Å². The first-order valence-corrected chi connectivity index (χ1v) is 34.7. The van der Waals surface area contributed by atoms with Crippen molar-refractivity contribution in [2.24, 2.45) is 0 Å². The van der Waals surface area contributed by atoms with Crippen LogP contribution in [0.15, 0.2) is 121 Å². The third-order valence-electron chi connectivity index (χ3n) is 24.1. The van der Waals surface area contributed by atoms with E-state index in [0.29, 0.717) is 0 Å². The monoisotopic (exact) mass is 1190 g/mol. The van der Waals surface area contributed by atoms with Crippen molar-refractivity contribution in [1.82, 2.24) is 0 Å². The van der Waals surface area contributed by atoms with Crippen LogP contribution in [0.3, 0.4) is 0 Å². The Bertz CT molecular complexity index is 5150. The topological polar surface area (TPSA) is 16.2 Å². The van der Waals surface area contributed by atoms with Crippen molar-refractivity contribution in [2.75, 3.05) is 50.9 Å². The summed E-state index contributed by atoms with van der Waals surface area (Å²) < 4.78 is 0. The largest absolute Gasteiger partial charge is 0.349 e. The summed E-state index contributed by atoms with van der Waals surface area (Å²) in [6.45, 7) is 43.6. The Kier molecular flexibility index (Phi) is 10.4. The fourth-order valence-electron chi connectivity index (χ4n) is 19.2. The summed E-state index contributed by atoms with van der Waals surface area (Å²) in [6, 6.07) is 51.2. The van der Waals surface area contributed by atoms with Gasteiger partial charge in [0.25, 0.3) is 6.71 Å². The minimum absolute atomic E-state index is 0.00802. The Balaban J connectivity index is 1.03. The maximum Gasteiger partial charge on any atom is 0.252 e. The van der Waals surface area contributed by atoms with E-state index in [0.717, 1.165) is 26.6 Å². The van der Waals surface area contributed by atoms with Crippen LogP contribution in [0.5, 0.6) is 0 Å². The first kappa shape index (κ1) is 55.9. The number of anilines is 11. The lowest BCUT2D eigenvalue weighted by molar-refractivity contribution is 0.590. The van der Waals surface area contributed by atoms with E-state index in [9.17, 15) is 0 Å². The second-order valence-electron chi connectivity index (χ2n) is 35.8. The summed E-state index contributed by atoms with van der Waals surface area (Å²) >= 11 is 0. The smallest absolute Gasteiger partial charge is 0.252 e. The first-order chi connectivity index (χ1) is 43.3. The highest BCUT2D eigenvalue weighted by atomic mass is 15.2. The second-order valence-corrected chi connectivity index (χ2v) is 35.8. The number of hydrogen-bond acceptors (Lipinski definition) is 5. The van der Waals surface area contributed by atoms with E-state index in [1.165, 1.54) is 172 Å². The summed E-state index contributed by atoms with van der Waals surface area (Å²) in [6.07, 6.45) is 2.65. The molecule has 10 aromatic carbocycles. The fraction of sp³-hybridized carbons (Fsp3) is 0.341. The van der Waals surface area contributed by atoms with E-state index in [4.69, 9.17) is 0 Å². The summed E-state index contributed by atoms with van der Waals surface area (Å²) in [5, 5.41) is 8.75. The van der Waals surface area contributed by atoms with Gasteiger partial charge in [0, 0.05) is 105 Å². The van der Waals surface area contributed by atoms with E-state index in [1.54, 1.807) is 16.4 Å².